The highest BCUT2D eigenvalue weighted by molar-refractivity contribution is 5.71. The molecule has 8 heteroatoms. The van der Waals surface area contributed by atoms with Gasteiger partial charge >= 0.3 is 5.97 Å². The van der Waals surface area contributed by atoms with E-state index in [9.17, 15) is 18.7 Å². The second kappa shape index (κ2) is 10.8. The van der Waals surface area contributed by atoms with E-state index in [4.69, 9.17) is 9.47 Å². The average Bonchev–Trinajstić information content (AvgIpc) is 3.77. The monoisotopic (exact) mass is 548 g/mol. The first kappa shape index (κ1) is 26.7. The predicted molar refractivity (Wildman–Crippen MR) is 147 cm³/mol. The third-order valence-electron chi connectivity index (χ3n) is 8.62. The van der Waals surface area contributed by atoms with Gasteiger partial charge in [0.1, 0.15) is 23.8 Å². The van der Waals surface area contributed by atoms with E-state index in [0.717, 1.165) is 65.4 Å². The fourth-order valence-corrected chi connectivity index (χ4v) is 6.23. The Hall–Kier alpha value is -3.52. The molecule has 40 heavy (non-hydrogen) atoms. The van der Waals surface area contributed by atoms with Crippen LogP contribution in [0.4, 0.5) is 8.78 Å². The summed E-state index contributed by atoms with van der Waals surface area (Å²) in [5.74, 6) is -0.183. The Morgan fingerprint density at radius 2 is 1.95 bits per heavy atom. The lowest BCUT2D eigenvalue weighted by atomic mass is 9.82. The number of benzene rings is 2. The number of alkyl halides is 1. The molecule has 1 saturated carbocycles. The standard InChI is InChI=1S/C32H34F2N2O4/c1-18(32(37)38)31(20-4-5-20)22-6-3-19-8-10-28(40-29(19)12-22)21-7-9-25(23(11-21)15-36-16-24(33)17-36)26-13-30(39-2)35-14-27(26)34/h3,6-7,9,11-14,18,20,24,28,31H,4-5,8,10,15-17H2,1-2H3,(H,37,38)/t18-,28?,31-/m0/s1. The van der Waals surface area contributed by atoms with Gasteiger partial charge in [-0.3, -0.25) is 9.69 Å². The fraction of sp³-hybridized carbons (Fsp3) is 0.438. The molecule has 0 radical (unpaired) electrons. The van der Waals surface area contributed by atoms with E-state index in [1.54, 1.807) is 13.0 Å². The zero-order valence-electron chi connectivity index (χ0n) is 22.8. The normalized spacial score (nSPS) is 20.6. The zero-order chi connectivity index (χ0) is 28.0. The van der Waals surface area contributed by atoms with Crippen LogP contribution in [0.15, 0.2) is 48.7 Å². The van der Waals surface area contributed by atoms with Crippen molar-refractivity contribution in [2.24, 2.45) is 11.8 Å². The molecule has 3 heterocycles. The molecule has 3 atom stereocenters. The Morgan fingerprint density at radius 3 is 2.65 bits per heavy atom. The number of pyridine rings is 1. The van der Waals surface area contributed by atoms with Gasteiger partial charge in [0.15, 0.2) is 0 Å². The van der Waals surface area contributed by atoms with Crippen LogP contribution in [0.1, 0.15) is 60.5 Å². The Labute approximate surface area is 232 Å². The van der Waals surface area contributed by atoms with Crippen LogP contribution in [0, 0.1) is 17.7 Å². The number of ether oxygens (including phenoxy) is 2. The van der Waals surface area contributed by atoms with Crippen molar-refractivity contribution in [3.63, 3.8) is 0 Å². The van der Waals surface area contributed by atoms with Crippen molar-refractivity contribution in [1.29, 1.82) is 0 Å². The minimum absolute atomic E-state index is 0.0271. The summed E-state index contributed by atoms with van der Waals surface area (Å²) in [6.45, 7) is 3.01. The molecule has 1 N–H and O–H groups in total. The average molecular weight is 549 g/mol. The minimum Gasteiger partial charge on any atom is -0.485 e. The van der Waals surface area contributed by atoms with Gasteiger partial charge in [-0.15, -0.1) is 0 Å². The second-order valence-corrected chi connectivity index (χ2v) is 11.4. The number of nitrogens with zero attached hydrogens (tertiary/aromatic N) is 2. The van der Waals surface area contributed by atoms with E-state index in [2.05, 4.69) is 17.1 Å². The van der Waals surface area contributed by atoms with Crippen molar-refractivity contribution in [2.45, 2.75) is 57.3 Å². The smallest absolute Gasteiger partial charge is 0.306 e. The summed E-state index contributed by atoms with van der Waals surface area (Å²) >= 11 is 0. The first-order valence-electron chi connectivity index (χ1n) is 14.0. The maximum Gasteiger partial charge on any atom is 0.306 e. The molecular formula is C32H34F2N2O4. The van der Waals surface area contributed by atoms with Crippen molar-refractivity contribution >= 4 is 5.97 Å². The van der Waals surface area contributed by atoms with Crippen LogP contribution >= 0.6 is 0 Å². The maximum absolute atomic E-state index is 14.9. The first-order valence-corrected chi connectivity index (χ1v) is 14.0. The highest BCUT2D eigenvalue weighted by atomic mass is 19.1. The van der Waals surface area contributed by atoms with Crippen LogP contribution < -0.4 is 9.47 Å². The molecule has 210 valence electrons. The molecule has 6 nitrogen and oxygen atoms in total. The molecular weight excluding hydrogens is 514 g/mol. The first-order chi connectivity index (χ1) is 19.3. The molecule has 1 saturated heterocycles. The minimum atomic E-state index is -0.833. The summed E-state index contributed by atoms with van der Waals surface area (Å²) in [6.07, 6.45) is 3.87. The van der Waals surface area contributed by atoms with E-state index in [0.29, 0.717) is 37.0 Å². The number of hydrogen-bond acceptors (Lipinski definition) is 5. The number of aromatic nitrogens is 1. The van der Waals surface area contributed by atoms with E-state index < -0.39 is 23.9 Å². The van der Waals surface area contributed by atoms with Crippen molar-refractivity contribution in [3.8, 4) is 22.8 Å². The quantitative estimate of drug-likeness (QED) is 0.337. The highest BCUT2D eigenvalue weighted by Crippen LogP contribution is 2.48. The summed E-state index contributed by atoms with van der Waals surface area (Å²) in [5.41, 5.74) is 5.13. The number of carboxylic acids is 1. The number of fused-ring (bicyclic) bond motifs is 1. The number of rotatable bonds is 9. The van der Waals surface area contributed by atoms with E-state index in [1.165, 1.54) is 7.11 Å². The van der Waals surface area contributed by atoms with Crippen molar-refractivity contribution in [2.75, 3.05) is 20.2 Å². The van der Waals surface area contributed by atoms with Gasteiger partial charge in [-0.2, -0.15) is 0 Å². The van der Waals surface area contributed by atoms with Crippen LogP contribution in [0.5, 0.6) is 11.6 Å². The van der Waals surface area contributed by atoms with Gasteiger partial charge in [-0.25, -0.2) is 13.8 Å². The van der Waals surface area contributed by atoms with Crippen LogP contribution in [-0.4, -0.2) is 47.3 Å². The number of likely N-dealkylation sites (tertiary alicyclic amines) is 1. The molecule has 0 bridgehead atoms. The third kappa shape index (κ3) is 5.29. The van der Waals surface area contributed by atoms with Gasteiger partial charge in [0.25, 0.3) is 0 Å². The SMILES string of the molecule is COc1cc(-c2ccc(C3CCc4ccc([C@H](C5CC5)[C@H](C)C(=O)O)cc4O3)cc2CN2CC(F)C2)c(F)cn1. The maximum atomic E-state index is 14.9. The van der Waals surface area contributed by atoms with Crippen LogP contribution in [-0.2, 0) is 17.8 Å². The van der Waals surface area contributed by atoms with Crippen LogP contribution in [0.25, 0.3) is 11.1 Å². The summed E-state index contributed by atoms with van der Waals surface area (Å²) < 4.78 is 40.3. The summed E-state index contributed by atoms with van der Waals surface area (Å²) in [5, 5.41) is 9.71. The lowest BCUT2D eigenvalue weighted by Gasteiger charge is -2.35. The number of carboxylic acid groups (broad SMARTS) is 1. The van der Waals surface area contributed by atoms with Gasteiger partial charge in [0.05, 0.1) is 19.2 Å². The van der Waals surface area contributed by atoms with Gasteiger partial charge in [0.2, 0.25) is 5.88 Å². The van der Waals surface area contributed by atoms with Crippen LogP contribution in [0.3, 0.4) is 0 Å². The Kier molecular flexibility index (Phi) is 7.21. The number of halogens is 2. The second-order valence-electron chi connectivity index (χ2n) is 11.4. The Bertz CT molecular complexity index is 1420. The number of aliphatic carboxylic acids is 1. The lowest BCUT2D eigenvalue weighted by Crippen LogP contribution is -2.47. The highest BCUT2D eigenvalue weighted by Gasteiger charge is 2.39. The fourth-order valence-electron chi connectivity index (χ4n) is 6.23. The molecule has 1 aliphatic carbocycles. The number of aryl methyl sites for hydroxylation is 1. The zero-order valence-corrected chi connectivity index (χ0v) is 22.8. The van der Waals surface area contributed by atoms with E-state index >= 15 is 0 Å². The third-order valence-corrected chi connectivity index (χ3v) is 8.62. The molecule has 6 rings (SSSR count). The molecule has 2 fully saturated rings. The number of carbonyl (C=O) groups is 1. The molecule has 3 aliphatic rings. The number of hydrogen-bond donors (Lipinski definition) is 1. The van der Waals surface area contributed by atoms with Gasteiger partial charge in [-0.1, -0.05) is 37.3 Å². The van der Waals surface area contributed by atoms with Gasteiger partial charge in [-0.05, 0) is 71.4 Å². The van der Waals surface area contributed by atoms with Crippen LogP contribution in [0.2, 0.25) is 0 Å². The Balaban J connectivity index is 1.31. The lowest BCUT2D eigenvalue weighted by molar-refractivity contribution is -0.142. The van der Waals surface area contributed by atoms with E-state index in [-0.39, 0.29) is 12.0 Å². The predicted octanol–water partition coefficient (Wildman–Crippen LogP) is 6.33. The molecule has 0 spiro atoms. The molecule has 2 aromatic carbocycles. The summed E-state index contributed by atoms with van der Waals surface area (Å²) in [6, 6.07) is 13.7. The topological polar surface area (TPSA) is 71.9 Å². The van der Waals surface area contributed by atoms with Gasteiger partial charge < -0.3 is 14.6 Å². The molecule has 1 aromatic heterocycles. The van der Waals surface area contributed by atoms with Crippen molar-refractivity contribution in [1.82, 2.24) is 9.88 Å². The largest absolute Gasteiger partial charge is 0.485 e. The van der Waals surface area contributed by atoms with Crippen molar-refractivity contribution < 1.29 is 28.2 Å². The number of methoxy groups -OCH3 is 1. The molecule has 1 unspecified atom stereocenters. The van der Waals surface area contributed by atoms with Gasteiger partial charge in [0, 0.05) is 31.3 Å². The summed E-state index contributed by atoms with van der Waals surface area (Å²) in [4.78, 5) is 17.8. The van der Waals surface area contributed by atoms with E-state index in [1.807, 2.05) is 29.2 Å². The van der Waals surface area contributed by atoms with Crippen molar-refractivity contribution in [3.05, 3.63) is 76.7 Å². The molecule has 3 aromatic rings. The molecule has 2 aliphatic heterocycles. The Morgan fingerprint density at radius 1 is 1.15 bits per heavy atom. The molecule has 0 amide bonds. The summed E-state index contributed by atoms with van der Waals surface area (Å²) in [7, 11) is 1.49.